The van der Waals surface area contributed by atoms with E-state index in [1.165, 1.54) is 18.2 Å². The summed E-state index contributed by atoms with van der Waals surface area (Å²) in [6.45, 7) is 2.26. The normalized spacial score (nSPS) is 20.4. The molecular weight excluding hydrogens is 247 g/mol. The van der Waals surface area contributed by atoms with Gasteiger partial charge in [0.2, 0.25) is 5.91 Å². The lowest BCUT2D eigenvalue weighted by Crippen LogP contribution is -2.36. The highest BCUT2D eigenvalue weighted by atomic mass is 19.1. The highest BCUT2D eigenvalue weighted by molar-refractivity contribution is 5.92. The van der Waals surface area contributed by atoms with Gasteiger partial charge in [-0.15, -0.1) is 0 Å². The number of carbonyl (C=O) groups excluding carboxylic acids is 1. The standard InChI is InChI=1S/C14H19FN2O2/c15-13-4-3-11(14(16)19)6-12(13)8-17-5-1-2-10(7-17)9-18/h3-4,6,10,18H,1-2,5,7-9H2,(H2,16,19). The number of aliphatic hydroxyl groups excluding tert-OH is 1. The lowest BCUT2D eigenvalue weighted by atomic mass is 9.98. The molecule has 1 fully saturated rings. The minimum Gasteiger partial charge on any atom is -0.396 e. The Morgan fingerprint density at radius 2 is 2.32 bits per heavy atom. The Morgan fingerprint density at radius 3 is 3.00 bits per heavy atom. The van der Waals surface area contributed by atoms with Gasteiger partial charge in [-0.25, -0.2) is 4.39 Å². The number of benzene rings is 1. The predicted octanol–water partition coefficient (Wildman–Crippen LogP) is 1.13. The maximum absolute atomic E-state index is 13.7. The number of piperidine rings is 1. The van der Waals surface area contributed by atoms with E-state index in [4.69, 9.17) is 5.73 Å². The maximum atomic E-state index is 13.7. The molecule has 0 aliphatic carbocycles. The van der Waals surface area contributed by atoms with E-state index in [0.29, 0.717) is 17.7 Å². The van der Waals surface area contributed by atoms with Crippen molar-refractivity contribution < 1.29 is 14.3 Å². The fourth-order valence-corrected chi connectivity index (χ4v) is 2.53. The number of hydrogen-bond donors (Lipinski definition) is 2. The van der Waals surface area contributed by atoms with Crippen LogP contribution >= 0.6 is 0 Å². The second kappa shape index (κ2) is 6.12. The number of halogens is 1. The summed E-state index contributed by atoms with van der Waals surface area (Å²) in [6.07, 6.45) is 2.01. The minimum atomic E-state index is -0.548. The summed E-state index contributed by atoms with van der Waals surface area (Å²) in [5.74, 6) is -0.611. The van der Waals surface area contributed by atoms with E-state index in [9.17, 15) is 14.3 Å². The molecule has 1 amide bonds. The molecule has 1 aromatic carbocycles. The number of rotatable bonds is 4. The summed E-state index contributed by atoms with van der Waals surface area (Å²) in [5, 5.41) is 9.18. The second-order valence-corrected chi connectivity index (χ2v) is 5.10. The molecule has 104 valence electrons. The van der Waals surface area contributed by atoms with Crippen molar-refractivity contribution in [2.75, 3.05) is 19.7 Å². The van der Waals surface area contributed by atoms with E-state index in [-0.39, 0.29) is 18.3 Å². The molecule has 1 heterocycles. The lowest BCUT2D eigenvalue weighted by molar-refractivity contribution is 0.0999. The Morgan fingerprint density at radius 1 is 1.53 bits per heavy atom. The van der Waals surface area contributed by atoms with Crippen molar-refractivity contribution in [3.8, 4) is 0 Å². The third-order valence-corrected chi connectivity index (χ3v) is 3.59. The molecule has 0 bridgehead atoms. The van der Waals surface area contributed by atoms with Gasteiger partial charge in [0.05, 0.1) is 0 Å². The van der Waals surface area contributed by atoms with Crippen LogP contribution in [0.1, 0.15) is 28.8 Å². The minimum absolute atomic E-state index is 0.167. The highest BCUT2D eigenvalue weighted by Crippen LogP contribution is 2.20. The van der Waals surface area contributed by atoms with Crippen LogP contribution in [-0.2, 0) is 6.54 Å². The number of amides is 1. The number of likely N-dealkylation sites (tertiary alicyclic amines) is 1. The van der Waals surface area contributed by atoms with Crippen LogP contribution in [0.15, 0.2) is 18.2 Å². The first-order valence-electron chi connectivity index (χ1n) is 6.51. The van der Waals surface area contributed by atoms with Gasteiger partial charge in [0.15, 0.2) is 0 Å². The molecule has 1 aromatic rings. The number of aliphatic hydroxyl groups is 1. The maximum Gasteiger partial charge on any atom is 0.248 e. The van der Waals surface area contributed by atoms with Crippen LogP contribution in [0.3, 0.4) is 0 Å². The van der Waals surface area contributed by atoms with Gasteiger partial charge < -0.3 is 10.8 Å². The number of nitrogens with zero attached hydrogens (tertiary/aromatic N) is 1. The van der Waals surface area contributed by atoms with E-state index in [2.05, 4.69) is 4.90 Å². The molecule has 0 radical (unpaired) electrons. The van der Waals surface area contributed by atoms with Crippen LogP contribution in [0.4, 0.5) is 4.39 Å². The number of primary amides is 1. The quantitative estimate of drug-likeness (QED) is 0.858. The highest BCUT2D eigenvalue weighted by Gasteiger charge is 2.20. The average Bonchev–Trinajstić information content (AvgIpc) is 2.41. The fraction of sp³-hybridized carbons (Fsp3) is 0.500. The van der Waals surface area contributed by atoms with E-state index in [1.807, 2.05) is 0 Å². The molecule has 0 spiro atoms. The van der Waals surface area contributed by atoms with Crippen LogP contribution in [0, 0.1) is 11.7 Å². The fourth-order valence-electron chi connectivity index (χ4n) is 2.53. The lowest BCUT2D eigenvalue weighted by Gasteiger charge is -2.31. The summed E-state index contributed by atoms with van der Waals surface area (Å²) >= 11 is 0. The van der Waals surface area contributed by atoms with Crippen molar-refractivity contribution >= 4 is 5.91 Å². The topological polar surface area (TPSA) is 66.6 Å². The smallest absolute Gasteiger partial charge is 0.248 e. The average molecular weight is 266 g/mol. The van der Waals surface area contributed by atoms with Crippen LogP contribution in [-0.4, -0.2) is 35.6 Å². The third-order valence-electron chi connectivity index (χ3n) is 3.59. The van der Waals surface area contributed by atoms with Gasteiger partial charge >= 0.3 is 0 Å². The molecule has 1 aliphatic rings. The molecule has 1 atom stereocenters. The molecule has 19 heavy (non-hydrogen) atoms. The van der Waals surface area contributed by atoms with Crippen LogP contribution < -0.4 is 5.73 Å². The molecule has 0 saturated carbocycles. The summed E-state index contributed by atoms with van der Waals surface area (Å²) in [5.41, 5.74) is 6.01. The van der Waals surface area contributed by atoms with Crippen molar-refractivity contribution in [2.24, 2.45) is 11.7 Å². The Labute approximate surface area is 112 Å². The summed E-state index contributed by atoms with van der Waals surface area (Å²) < 4.78 is 13.7. The van der Waals surface area contributed by atoms with Crippen molar-refractivity contribution in [1.29, 1.82) is 0 Å². The van der Waals surface area contributed by atoms with Gasteiger partial charge in [-0.1, -0.05) is 0 Å². The Bertz CT molecular complexity index is 465. The monoisotopic (exact) mass is 266 g/mol. The van der Waals surface area contributed by atoms with E-state index < -0.39 is 5.91 Å². The molecule has 3 N–H and O–H groups in total. The first kappa shape index (κ1) is 14.0. The van der Waals surface area contributed by atoms with Gasteiger partial charge in [0.1, 0.15) is 5.82 Å². The summed E-state index contributed by atoms with van der Waals surface area (Å²) in [7, 11) is 0. The van der Waals surface area contributed by atoms with Gasteiger partial charge in [-0.05, 0) is 43.5 Å². The van der Waals surface area contributed by atoms with Crippen molar-refractivity contribution in [2.45, 2.75) is 19.4 Å². The zero-order chi connectivity index (χ0) is 13.8. The summed E-state index contributed by atoms with van der Waals surface area (Å²) in [4.78, 5) is 13.2. The third kappa shape index (κ3) is 3.52. The molecule has 0 aromatic heterocycles. The zero-order valence-corrected chi connectivity index (χ0v) is 10.8. The number of carbonyl (C=O) groups is 1. The van der Waals surface area contributed by atoms with Crippen molar-refractivity contribution in [3.63, 3.8) is 0 Å². The van der Waals surface area contributed by atoms with Gasteiger partial charge in [0.25, 0.3) is 0 Å². The van der Waals surface area contributed by atoms with Crippen molar-refractivity contribution in [1.82, 2.24) is 4.90 Å². The van der Waals surface area contributed by atoms with Crippen LogP contribution in [0.2, 0.25) is 0 Å². The van der Waals surface area contributed by atoms with E-state index >= 15 is 0 Å². The van der Waals surface area contributed by atoms with Gasteiger partial charge in [-0.3, -0.25) is 9.69 Å². The molecule has 4 nitrogen and oxygen atoms in total. The Balaban J connectivity index is 2.09. The first-order valence-corrected chi connectivity index (χ1v) is 6.51. The van der Waals surface area contributed by atoms with Gasteiger partial charge in [-0.2, -0.15) is 0 Å². The molecule has 5 heteroatoms. The zero-order valence-electron chi connectivity index (χ0n) is 10.8. The Kier molecular flexibility index (Phi) is 4.50. The SMILES string of the molecule is NC(=O)c1ccc(F)c(CN2CCCC(CO)C2)c1. The number of nitrogens with two attached hydrogens (primary N) is 1. The molecule has 1 aliphatic heterocycles. The Hall–Kier alpha value is -1.46. The van der Waals surface area contributed by atoms with Crippen LogP contribution in [0.5, 0.6) is 0 Å². The van der Waals surface area contributed by atoms with Crippen LogP contribution in [0.25, 0.3) is 0 Å². The van der Waals surface area contributed by atoms with Crippen molar-refractivity contribution in [3.05, 3.63) is 35.1 Å². The van der Waals surface area contributed by atoms with Gasteiger partial charge in [0, 0.05) is 30.8 Å². The second-order valence-electron chi connectivity index (χ2n) is 5.10. The van der Waals surface area contributed by atoms with E-state index in [0.717, 1.165) is 25.9 Å². The molecule has 1 unspecified atom stereocenters. The number of hydrogen-bond acceptors (Lipinski definition) is 3. The summed E-state index contributed by atoms with van der Waals surface area (Å²) in [6, 6.07) is 4.19. The van der Waals surface area contributed by atoms with E-state index in [1.54, 1.807) is 0 Å². The molecule has 2 rings (SSSR count). The largest absolute Gasteiger partial charge is 0.396 e. The molecular formula is C14H19FN2O2. The predicted molar refractivity (Wildman–Crippen MR) is 70.0 cm³/mol. The first-order chi connectivity index (χ1) is 9.10. The molecule has 1 saturated heterocycles.